The summed E-state index contributed by atoms with van der Waals surface area (Å²) in [5.41, 5.74) is 4.23. The van der Waals surface area contributed by atoms with E-state index in [2.05, 4.69) is 52.9 Å². The van der Waals surface area contributed by atoms with Gasteiger partial charge in [-0.25, -0.2) is 0 Å². The molecular formula is C24H25N5O2S. The second-order valence-electron chi connectivity index (χ2n) is 7.44. The highest BCUT2D eigenvalue weighted by molar-refractivity contribution is 7.99. The number of carbonyl (C=O) groups is 1. The highest BCUT2D eigenvalue weighted by atomic mass is 32.2. The van der Waals surface area contributed by atoms with Crippen LogP contribution < -0.4 is 10.6 Å². The van der Waals surface area contributed by atoms with Gasteiger partial charge in [0.2, 0.25) is 5.91 Å². The lowest BCUT2D eigenvalue weighted by Crippen LogP contribution is -2.15. The highest BCUT2D eigenvalue weighted by Gasteiger charge is 2.16. The fraction of sp³-hybridized carbons (Fsp3) is 0.208. The Labute approximate surface area is 191 Å². The number of carbonyl (C=O) groups excluding carboxylic acids is 1. The average Bonchev–Trinajstić information content (AvgIpc) is 3.43. The van der Waals surface area contributed by atoms with E-state index in [9.17, 15) is 4.79 Å². The third-order valence-electron chi connectivity index (χ3n) is 4.90. The molecule has 2 N–H and O–H groups in total. The van der Waals surface area contributed by atoms with Gasteiger partial charge in [-0.3, -0.25) is 9.36 Å². The maximum Gasteiger partial charge on any atom is 0.234 e. The molecule has 164 valence electrons. The maximum absolute atomic E-state index is 12.4. The molecule has 4 aromatic rings. The van der Waals surface area contributed by atoms with Crippen molar-refractivity contribution in [2.75, 3.05) is 16.4 Å². The van der Waals surface area contributed by atoms with Crippen molar-refractivity contribution in [2.45, 2.75) is 32.1 Å². The number of hydrogen-bond donors (Lipinski definition) is 2. The number of thioether (sulfide) groups is 1. The van der Waals surface area contributed by atoms with Gasteiger partial charge in [-0.05, 0) is 49.7 Å². The Balaban J connectivity index is 1.46. The van der Waals surface area contributed by atoms with Gasteiger partial charge in [-0.15, -0.1) is 10.2 Å². The molecule has 2 aromatic heterocycles. The molecule has 0 atom stereocenters. The summed E-state index contributed by atoms with van der Waals surface area (Å²) in [4.78, 5) is 12.4. The van der Waals surface area contributed by atoms with Gasteiger partial charge in [0, 0.05) is 11.4 Å². The van der Waals surface area contributed by atoms with Crippen molar-refractivity contribution < 1.29 is 9.21 Å². The minimum Gasteiger partial charge on any atom is -0.467 e. The standard InChI is InChI=1S/C24H25N5O2S/c1-17-10-11-21(18(2)13-17)25-14-22-27-28-24(29(22)15-20-9-6-12-31-20)32-16-23(30)26-19-7-4-3-5-8-19/h3-13,25H,14-16H2,1-2H3,(H,26,30). The summed E-state index contributed by atoms with van der Waals surface area (Å²) in [6.07, 6.45) is 1.65. The molecule has 4 rings (SSSR count). The number of anilines is 2. The Bertz CT molecular complexity index is 1170. The summed E-state index contributed by atoms with van der Waals surface area (Å²) < 4.78 is 7.51. The minimum atomic E-state index is -0.0938. The Morgan fingerprint density at radius 1 is 1.06 bits per heavy atom. The molecule has 0 aliphatic carbocycles. The fourth-order valence-corrected chi connectivity index (χ4v) is 4.07. The van der Waals surface area contributed by atoms with Crippen LogP contribution in [0.5, 0.6) is 0 Å². The number of rotatable bonds is 9. The normalized spacial score (nSPS) is 10.8. The van der Waals surface area contributed by atoms with Crippen molar-refractivity contribution >= 4 is 29.0 Å². The van der Waals surface area contributed by atoms with Gasteiger partial charge in [0.1, 0.15) is 5.76 Å². The first kappa shape index (κ1) is 21.7. The average molecular weight is 448 g/mol. The van der Waals surface area contributed by atoms with Gasteiger partial charge in [0.25, 0.3) is 0 Å². The molecule has 0 saturated carbocycles. The number of amides is 1. The summed E-state index contributed by atoms with van der Waals surface area (Å²) in [5, 5.41) is 15.7. The maximum atomic E-state index is 12.4. The molecule has 0 aliphatic rings. The second-order valence-corrected chi connectivity index (χ2v) is 8.38. The van der Waals surface area contributed by atoms with Crippen LogP contribution in [-0.2, 0) is 17.9 Å². The van der Waals surface area contributed by atoms with E-state index in [-0.39, 0.29) is 11.7 Å². The van der Waals surface area contributed by atoms with E-state index in [4.69, 9.17) is 4.42 Å². The number of hydrogen-bond acceptors (Lipinski definition) is 6. The quantitative estimate of drug-likeness (QED) is 0.356. The third kappa shape index (κ3) is 5.59. The van der Waals surface area contributed by atoms with Crippen LogP contribution in [0.4, 0.5) is 11.4 Å². The van der Waals surface area contributed by atoms with Gasteiger partial charge < -0.3 is 15.1 Å². The molecule has 0 unspecified atom stereocenters. The first-order chi connectivity index (χ1) is 15.6. The lowest BCUT2D eigenvalue weighted by atomic mass is 10.1. The molecule has 2 heterocycles. The molecule has 8 heteroatoms. The van der Waals surface area contributed by atoms with Crippen LogP contribution in [0.15, 0.2) is 76.5 Å². The molecule has 0 spiro atoms. The molecule has 0 radical (unpaired) electrons. The molecule has 0 bridgehead atoms. The van der Waals surface area contributed by atoms with Crippen LogP contribution in [0.3, 0.4) is 0 Å². The van der Waals surface area contributed by atoms with Crippen molar-refractivity contribution in [1.29, 1.82) is 0 Å². The summed E-state index contributed by atoms with van der Waals surface area (Å²) in [7, 11) is 0. The van der Waals surface area contributed by atoms with E-state index >= 15 is 0 Å². The number of furan rings is 1. The Morgan fingerprint density at radius 3 is 2.66 bits per heavy atom. The second kappa shape index (κ2) is 10.2. The lowest BCUT2D eigenvalue weighted by molar-refractivity contribution is -0.113. The molecule has 0 fully saturated rings. The molecule has 0 saturated heterocycles. The topological polar surface area (TPSA) is 85.0 Å². The molecule has 0 aliphatic heterocycles. The first-order valence-corrected chi connectivity index (χ1v) is 11.3. The van der Waals surface area contributed by atoms with Gasteiger partial charge in [-0.1, -0.05) is 47.7 Å². The van der Waals surface area contributed by atoms with Crippen LogP contribution >= 0.6 is 11.8 Å². The largest absolute Gasteiger partial charge is 0.467 e. The molecular weight excluding hydrogens is 422 g/mol. The molecule has 2 aromatic carbocycles. The van der Waals surface area contributed by atoms with E-state index in [1.165, 1.54) is 22.9 Å². The van der Waals surface area contributed by atoms with Crippen molar-refractivity contribution in [2.24, 2.45) is 0 Å². The summed E-state index contributed by atoms with van der Waals surface area (Å²) >= 11 is 1.35. The molecule has 7 nitrogen and oxygen atoms in total. The number of nitrogens with one attached hydrogen (secondary N) is 2. The molecule has 32 heavy (non-hydrogen) atoms. The monoisotopic (exact) mass is 447 g/mol. The number of benzene rings is 2. The van der Waals surface area contributed by atoms with E-state index in [1.54, 1.807) is 6.26 Å². The van der Waals surface area contributed by atoms with Gasteiger partial charge >= 0.3 is 0 Å². The van der Waals surface area contributed by atoms with Crippen LogP contribution in [0.25, 0.3) is 0 Å². The van der Waals surface area contributed by atoms with E-state index < -0.39 is 0 Å². The van der Waals surface area contributed by atoms with Crippen molar-refractivity contribution in [1.82, 2.24) is 14.8 Å². The fourth-order valence-electron chi connectivity index (χ4n) is 3.31. The van der Waals surface area contributed by atoms with Crippen LogP contribution in [0, 0.1) is 13.8 Å². The Kier molecular flexibility index (Phi) is 6.91. The number of para-hydroxylation sites is 1. The molecule has 1 amide bonds. The van der Waals surface area contributed by atoms with Crippen LogP contribution in [0.1, 0.15) is 22.7 Å². The van der Waals surface area contributed by atoms with Crippen molar-refractivity contribution in [3.8, 4) is 0 Å². The SMILES string of the molecule is Cc1ccc(NCc2nnc(SCC(=O)Nc3ccccc3)n2Cc2ccco2)c(C)c1. The van der Waals surface area contributed by atoms with E-state index in [1.807, 2.05) is 47.0 Å². The predicted octanol–water partition coefficient (Wildman–Crippen LogP) is 4.88. The van der Waals surface area contributed by atoms with Crippen molar-refractivity contribution in [3.63, 3.8) is 0 Å². The summed E-state index contributed by atoms with van der Waals surface area (Å²) in [6, 6.07) is 19.5. The zero-order valence-electron chi connectivity index (χ0n) is 18.0. The van der Waals surface area contributed by atoms with Gasteiger partial charge in [0.05, 0.1) is 25.1 Å². The van der Waals surface area contributed by atoms with Gasteiger partial charge in [-0.2, -0.15) is 0 Å². The van der Waals surface area contributed by atoms with Crippen molar-refractivity contribution in [3.05, 3.63) is 89.6 Å². The van der Waals surface area contributed by atoms with Gasteiger partial charge in [0.15, 0.2) is 11.0 Å². The van der Waals surface area contributed by atoms with Crippen LogP contribution in [0.2, 0.25) is 0 Å². The summed E-state index contributed by atoms with van der Waals surface area (Å²) in [6.45, 7) is 5.16. The summed E-state index contributed by atoms with van der Waals surface area (Å²) in [5.74, 6) is 1.71. The Morgan fingerprint density at radius 2 is 1.91 bits per heavy atom. The smallest absolute Gasteiger partial charge is 0.234 e. The predicted molar refractivity (Wildman–Crippen MR) is 127 cm³/mol. The minimum absolute atomic E-state index is 0.0938. The third-order valence-corrected chi connectivity index (χ3v) is 5.86. The Hall–Kier alpha value is -3.52. The van der Waals surface area contributed by atoms with E-state index in [0.29, 0.717) is 18.2 Å². The van der Waals surface area contributed by atoms with E-state index in [0.717, 1.165) is 23.0 Å². The first-order valence-electron chi connectivity index (χ1n) is 10.3. The zero-order chi connectivity index (χ0) is 22.3. The number of aromatic nitrogens is 3. The number of aryl methyl sites for hydroxylation is 2. The lowest BCUT2D eigenvalue weighted by Gasteiger charge is -2.12. The zero-order valence-corrected chi connectivity index (χ0v) is 18.9. The number of nitrogens with zero attached hydrogens (tertiary/aromatic N) is 3. The van der Waals surface area contributed by atoms with Crippen LogP contribution in [-0.4, -0.2) is 26.4 Å². The highest BCUT2D eigenvalue weighted by Crippen LogP contribution is 2.21.